The van der Waals surface area contributed by atoms with Crippen molar-refractivity contribution in [3.05, 3.63) is 0 Å². The van der Waals surface area contributed by atoms with Crippen molar-refractivity contribution < 1.29 is 14.4 Å². The van der Waals surface area contributed by atoms with Gasteiger partial charge in [-0.25, -0.2) is 0 Å². The van der Waals surface area contributed by atoms with Gasteiger partial charge in [0.25, 0.3) is 0 Å². The Labute approximate surface area is 93.2 Å². The molecule has 0 atom stereocenters. The molecule has 0 rings (SSSR count). The van der Waals surface area contributed by atoms with Crippen LogP contribution in [0, 0.1) is 11.3 Å². The zero-order valence-corrected chi connectivity index (χ0v) is 9.00. The van der Waals surface area contributed by atoms with E-state index in [0.717, 1.165) is 0 Å². The molecular weight excluding hydrogens is 212 g/mol. The average Bonchev–Trinajstić information content (AvgIpc) is 2.26. The molecule has 0 aromatic rings. The van der Waals surface area contributed by atoms with Gasteiger partial charge in [0.05, 0.1) is 6.07 Å². The summed E-state index contributed by atoms with van der Waals surface area (Å²) in [6.45, 7) is 2.18. The predicted molar refractivity (Wildman–Crippen MR) is 54.9 cm³/mol. The van der Waals surface area contributed by atoms with Gasteiger partial charge in [-0.05, 0) is 6.92 Å². The Morgan fingerprint density at radius 1 is 1.12 bits per heavy atom. The van der Waals surface area contributed by atoms with Crippen molar-refractivity contribution in [3.63, 3.8) is 0 Å². The third-order valence-corrected chi connectivity index (χ3v) is 1.55. The summed E-state index contributed by atoms with van der Waals surface area (Å²) in [5.74, 6) is -1.92. The van der Waals surface area contributed by atoms with E-state index in [1.54, 1.807) is 13.0 Å². The van der Waals surface area contributed by atoms with Crippen LogP contribution in [0.5, 0.6) is 0 Å². The molecule has 0 aromatic heterocycles. The lowest BCUT2D eigenvalue weighted by Crippen LogP contribution is -2.41. The Morgan fingerprint density at radius 3 is 2.31 bits per heavy atom. The van der Waals surface area contributed by atoms with E-state index in [1.165, 1.54) is 0 Å². The molecule has 88 valence electrons. The first-order valence-electron chi connectivity index (χ1n) is 4.81. The van der Waals surface area contributed by atoms with Crippen LogP contribution in [0.25, 0.3) is 0 Å². The molecule has 0 unspecified atom stereocenters. The summed E-state index contributed by atoms with van der Waals surface area (Å²) in [5, 5.41) is 15.0. The lowest BCUT2D eigenvalue weighted by molar-refractivity contribution is -0.139. The quantitative estimate of drug-likeness (QED) is 0.382. The molecule has 7 heteroatoms. The molecule has 0 saturated carbocycles. The molecule has 0 fully saturated rings. The summed E-state index contributed by atoms with van der Waals surface area (Å²) >= 11 is 0. The fraction of sp³-hybridized carbons (Fsp3) is 0.556. The van der Waals surface area contributed by atoms with Crippen LogP contribution < -0.4 is 16.0 Å². The maximum absolute atomic E-state index is 11.0. The third kappa shape index (κ3) is 6.37. The van der Waals surface area contributed by atoms with E-state index in [4.69, 9.17) is 5.26 Å². The van der Waals surface area contributed by atoms with E-state index >= 15 is 0 Å². The van der Waals surface area contributed by atoms with Crippen LogP contribution in [0.3, 0.4) is 0 Å². The smallest absolute Gasteiger partial charge is 0.310 e. The van der Waals surface area contributed by atoms with E-state index in [2.05, 4.69) is 16.0 Å². The summed E-state index contributed by atoms with van der Waals surface area (Å²) < 4.78 is 0. The highest BCUT2D eigenvalue weighted by molar-refractivity contribution is 6.35. The molecule has 0 aliphatic carbocycles. The van der Waals surface area contributed by atoms with Crippen LogP contribution in [-0.2, 0) is 14.4 Å². The van der Waals surface area contributed by atoms with Gasteiger partial charge in [0.15, 0.2) is 0 Å². The highest BCUT2D eigenvalue weighted by Crippen LogP contribution is 1.77. The van der Waals surface area contributed by atoms with Gasteiger partial charge in [-0.15, -0.1) is 0 Å². The van der Waals surface area contributed by atoms with Crippen LogP contribution in [0.15, 0.2) is 0 Å². The predicted octanol–water partition coefficient (Wildman–Crippen LogP) is -1.73. The largest absolute Gasteiger partial charge is 0.356 e. The summed E-state index contributed by atoms with van der Waals surface area (Å²) in [4.78, 5) is 32.9. The van der Waals surface area contributed by atoms with Gasteiger partial charge in [-0.2, -0.15) is 5.26 Å². The van der Waals surface area contributed by atoms with Crippen LogP contribution >= 0.6 is 0 Å². The fourth-order valence-corrected chi connectivity index (χ4v) is 0.855. The molecule has 7 nitrogen and oxygen atoms in total. The minimum atomic E-state index is -0.877. The molecular formula is C9H14N4O3. The van der Waals surface area contributed by atoms with Crippen LogP contribution in [-0.4, -0.2) is 37.4 Å². The number of carbonyl (C=O) groups is 3. The van der Waals surface area contributed by atoms with Crippen molar-refractivity contribution in [2.75, 3.05) is 19.6 Å². The number of hydrogen-bond acceptors (Lipinski definition) is 4. The monoisotopic (exact) mass is 226 g/mol. The first-order chi connectivity index (χ1) is 7.61. The van der Waals surface area contributed by atoms with Crippen LogP contribution in [0.4, 0.5) is 0 Å². The van der Waals surface area contributed by atoms with E-state index in [0.29, 0.717) is 6.54 Å². The van der Waals surface area contributed by atoms with E-state index in [-0.39, 0.29) is 25.4 Å². The summed E-state index contributed by atoms with van der Waals surface area (Å²) in [6, 6.07) is 1.67. The third-order valence-electron chi connectivity index (χ3n) is 1.55. The van der Waals surface area contributed by atoms with Gasteiger partial charge in [0, 0.05) is 19.5 Å². The molecule has 0 heterocycles. The number of nitrogens with zero attached hydrogens (tertiary/aromatic N) is 1. The molecule has 0 aromatic carbocycles. The Balaban J connectivity index is 3.69. The number of amides is 3. The Bertz CT molecular complexity index is 308. The van der Waals surface area contributed by atoms with Gasteiger partial charge < -0.3 is 16.0 Å². The average molecular weight is 226 g/mol. The molecule has 16 heavy (non-hydrogen) atoms. The number of rotatable bonds is 5. The SMILES string of the molecule is CCNC(=O)CCNC(=O)C(=O)NCC#N. The minimum Gasteiger partial charge on any atom is -0.356 e. The number of nitrogens with one attached hydrogen (secondary N) is 3. The van der Waals surface area contributed by atoms with Crippen molar-refractivity contribution in [1.82, 2.24) is 16.0 Å². The van der Waals surface area contributed by atoms with Gasteiger partial charge in [0.1, 0.15) is 6.54 Å². The molecule has 3 amide bonds. The van der Waals surface area contributed by atoms with Crippen LogP contribution in [0.2, 0.25) is 0 Å². The summed E-state index contributed by atoms with van der Waals surface area (Å²) in [7, 11) is 0. The van der Waals surface area contributed by atoms with E-state index in [9.17, 15) is 14.4 Å². The van der Waals surface area contributed by atoms with Crippen molar-refractivity contribution in [3.8, 4) is 6.07 Å². The first-order valence-corrected chi connectivity index (χ1v) is 4.81. The van der Waals surface area contributed by atoms with Gasteiger partial charge in [-0.3, -0.25) is 14.4 Å². The lowest BCUT2D eigenvalue weighted by Gasteiger charge is -2.04. The van der Waals surface area contributed by atoms with Gasteiger partial charge in [-0.1, -0.05) is 0 Å². The zero-order valence-electron chi connectivity index (χ0n) is 9.00. The zero-order chi connectivity index (χ0) is 12.4. The molecule has 0 saturated heterocycles. The van der Waals surface area contributed by atoms with Crippen molar-refractivity contribution in [2.45, 2.75) is 13.3 Å². The second-order valence-electron chi connectivity index (χ2n) is 2.80. The van der Waals surface area contributed by atoms with Gasteiger partial charge in [0.2, 0.25) is 5.91 Å². The Kier molecular flexibility index (Phi) is 7.15. The standard InChI is InChI=1S/C9H14N4O3/c1-2-11-7(14)3-5-12-8(15)9(16)13-6-4-10/h2-3,5-6H2,1H3,(H,11,14)(H,12,15)(H,13,16). The number of carbonyl (C=O) groups excluding carboxylic acids is 3. The molecule has 0 bridgehead atoms. The second kappa shape index (κ2) is 8.23. The molecule has 3 N–H and O–H groups in total. The Hall–Kier alpha value is -2.10. The van der Waals surface area contributed by atoms with Gasteiger partial charge >= 0.3 is 11.8 Å². The topological polar surface area (TPSA) is 111 Å². The van der Waals surface area contributed by atoms with Crippen molar-refractivity contribution >= 4 is 17.7 Å². The van der Waals surface area contributed by atoms with Crippen LogP contribution in [0.1, 0.15) is 13.3 Å². The normalized spacial score (nSPS) is 8.75. The summed E-state index contributed by atoms with van der Waals surface area (Å²) in [6.07, 6.45) is 0.116. The van der Waals surface area contributed by atoms with E-state index in [1.807, 2.05) is 0 Å². The minimum absolute atomic E-state index is 0.0879. The van der Waals surface area contributed by atoms with Crippen molar-refractivity contribution in [2.24, 2.45) is 0 Å². The Morgan fingerprint density at radius 2 is 1.75 bits per heavy atom. The highest BCUT2D eigenvalue weighted by atomic mass is 16.2. The molecule has 0 radical (unpaired) electrons. The maximum atomic E-state index is 11.0. The molecule has 0 spiro atoms. The van der Waals surface area contributed by atoms with E-state index < -0.39 is 11.8 Å². The summed E-state index contributed by atoms with van der Waals surface area (Å²) in [5.41, 5.74) is 0. The fourth-order valence-electron chi connectivity index (χ4n) is 0.855. The second-order valence-corrected chi connectivity index (χ2v) is 2.80. The first kappa shape index (κ1) is 13.9. The molecule has 0 aliphatic heterocycles. The number of hydrogen-bond donors (Lipinski definition) is 3. The number of nitriles is 1. The molecule has 0 aliphatic rings. The highest BCUT2D eigenvalue weighted by Gasteiger charge is 2.12. The van der Waals surface area contributed by atoms with Crippen molar-refractivity contribution in [1.29, 1.82) is 5.26 Å². The maximum Gasteiger partial charge on any atom is 0.310 e. The lowest BCUT2D eigenvalue weighted by atomic mass is 10.4.